The molecule has 0 saturated carbocycles. The number of carbonyl (C=O) groups excluding carboxylic acids is 1. The monoisotopic (exact) mass is 409 g/mol. The first-order valence-corrected chi connectivity index (χ1v) is 9.36. The van der Waals surface area contributed by atoms with Crippen molar-refractivity contribution in [3.8, 4) is 11.5 Å². The number of para-hydroxylation sites is 1. The van der Waals surface area contributed by atoms with Gasteiger partial charge in [0.1, 0.15) is 17.5 Å². The predicted octanol–water partition coefficient (Wildman–Crippen LogP) is 3.08. The molecule has 5 nitrogen and oxygen atoms in total. The van der Waals surface area contributed by atoms with Gasteiger partial charge in [-0.2, -0.15) is 13.2 Å². The van der Waals surface area contributed by atoms with Gasteiger partial charge in [-0.15, -0.1) is 0 Å². The summed E-state index contributed by atoms with van der Waals surface area (Å²) in [5.41, 5.74) is -0.107. The lowest BCUT2D eigenvalue weighted by atomic mass is 10.0. The van der Waals surface area contributed by atoms with Crippen LogP contribution in [0.1, 0.15) is 30.0 Å². The Bertz CT molecular complexity index is 870. The van der Waals surface area contributed by atoms with Crippen molar-refractivity contribution in [1.82, 2.24) is 0 Å². The van der Waals surface area contributed by atoms with Crippen molar-refractivity contribution in [2.24, 2.45) is 0 Å². The van der Waals surface area contributed by atoms with Crippen molar-refractivity contribution < 1.29 is 32.3 Å². The van der Waals surface area contributed by atoms with E-state index in [-0.39, 0.29) is 18.3 Å². The molecule has 1 fully saturated rings. The quantitative estimate of drug-likeness (QED) is 0.771. The summed E-state index contributed by atoms with van der Waals surface area (Å²) in [5, 5.41) is 2.43. The minimum atomic E-state index is -4.52. The van der Waals surface area contributed by atoms with Gasteiger partial charge >= 0.3 is 6.18 Å². The number of hydrogen-bond donors (Lipinski definition) is 2. The van der Waals surface area contributed by atoms with Gasteiger partial charge in [0, 0.05) is 18.9 Å². The van der Waals surface area contributed by atoms with Gasteiger partial charge < -0.3 is 19.7 Å². The number of methoxy groups -OCH3 is 2. The Morgan fingerprint density at radius 1 is 1.17 bits per heavy atom. The van der Waals surface area contributed by atoms with E-state index < -0.39 is 17.6 Å². The van der Waals surface area contributed by atoms with Gasteiger partial charge in [-0.05, 0) is 24.3 Å². The highest BCUT2D eigenvalue weighted by atomic mass is 19.4. The molecule has 0 aliphatic carbocycles. The SMILES string of the molecule is COc1ccc([C@@H]2CCC[NH+]2CC(=O)Nc2ccccc2C(F)(F)F)c(OC)c1. The Hall–Kier alpha value is -2.74. The number of alkyl halides is 3. The van der Waals surface area contributed by atoms with Crippen molar-refractivity contribution in [3.05, 3.63) is 53.6 Å². The third-order valence-corrected chi connectivity index (χ3v) is 5.19. The molecule has 8 heteroatoms. The van der Waals surface area contributed by atoms with Crippen molar-refractivity contribution in [3.63, 3.8) is 0 Å². The second-order valence-electron chi connectivity index (χ2n) is 6.98. The van der Waals surface area contributed by atoms with Gasteiger partial charge in [0.2, 0.25) is 0 Å². The zero-order valence-corrected chi connectivity index (χ0v) is 16.3. The summed E-state index contributed by atoms with van der Waals surface area (Å²) in [7, 11) is 3.15. The zero-order valence-electron chi connectivity index (χ0n) is 16.3. The number of quaternary nitrogens is 1. The van der Waals surface area contributed by atoms with E-state index in [4.69, 9.17) is 9.47 Å². The van der Waals surface area contributed by atoms with Crippen LogP contribution in [-0.2, 0) is 11.0 Å². The lowest BCUT2D eigenvalue weighted by Crippen LogP contribution is -3.11. The molecule has 0 spiro atoms. The maximum absolute atomic E-state index is 13.2. The molecule has 3 rings (SSSR count). The largest absolute Gasteiger partial charge is 0.497 e. The summed E-state index contributed by atoms with van der Waals surface area (Å²) in [6, 6.07) is 10.6. The number of likely N-dealkylation sites (tertiary alicyclic amines) is 1. The fraction of sp³-hybridized carbons (Fsp3) is 0.381. The highest BCUT2D eigenvalue weighted by Crippen LogP contribution is 2.34. The molecule has 2 aromatic carbocycles. The molecule has 1 aliphatic rings. The van der Waals surface area contributed by atoms with Gasteiger partial charge in [-0.3, -0.25) is 4.79 Å². The first-order valence-electron chi connectivity index (χ1n) is 9.36. The second-order valence-corrected chi connectivity index (χ2v) is 6.98. The molecule has 1 aliphatic heterocycles. The van der Waals surface area contributed by atoms with E-state index >= 15 is 0 Å². The van der Waals surface area contributed by atoms with Crippen LogP contribution in [0.15, 0.2) is 42.5 Å². The van der Waals surface area contributed by atoms with Crippen LogP contribution in [0, 0.1) is 0 Å². The van der Waals surface area contributed by atoms with Gasteiger partial charge in [0.15, 0.2) is 6.54 Å². The number of ether oxygens (including phenoxy) is 2. The number of nitrogens with one attached hydrogen (secondary N) is 2. The zero-order chi connectivity index (χ0) is 21.0. The first kappa shape index (κ1) is 21.0. The maximum atomic E-state index is 13.2. The average molecular weight is 409 g/mol. The van der Waals surface area contributed by atoms with E-state index in [2.05, 4.69) is 5.32 Å². The lowest BCUT2D eigenvalue weighted by Gasteiger charge is -2.23. The molecule has 2 aromatic rings. The van der Waals surface area contributed by atoms with Crippen LogP contribution < -0.4 is 19.7 Å². The number of rotatable bonds is 6. The van der Waals surface area contributed by atoms with Crippen molar-refractivity contribution >= 4 is 11.6 Å². The third-order valence-electron chi connectivity index (χ3n) is 5.19. The molecule has 2 atom stereocenters. The van der Waals surface area contributed by atoms with E-state index in [0.29, 0.717) is 11.5 Å². The normalized spacial score (nSPS) is 19.1. The molecule has 0 bridgehead atoms. The molecule has 0 radical (unpaired) electrons. The van der Waals surface area contributed by atoms with E-state index in [1.54, 1.807) is 20.3 Å². The topological polar surface area (TPSA) is 52.0 Å². The number of carbonyl (C=O) groups is 1. The Morgan fingerprint density at radius 2 is 1.93 bits per heavy atom. The molecule has 29 heavy (non-hydrogen) atoms. The number of amides is 1. The van der Waals surface area contributed by atoms with Gasteiger partial charge in [-0.25, -0.2) is 0 Å². The van der Waals surface area contributed by atoms with Crippen LogP contribution in [0.2, 0.25) is 0 Å². The van der Waals surface area contributed by atoms with Crippen molar-refractivity contribution in [1.29, 1.82) is 0 Å². The molecule has 0 aromatic heterocycles. The molecule has 1 amide bonds. The lowest BCUT2D eigenvalue weighted by molar-refractivity contribution is -0.910. The maximum Gasteiger partial charge on any atom is 0.418 e. The first-order chi connectivity index (χ1) is 13.8. The minimum Gasteiger partial charge on any atom is -0.497 e. The van der Waals surface area contributed by atoms with E-state index in [1.165, 1.54) is 18.2 Å². The van der Waals surface area contributed by atoms with E-state index in [0.717, 1.165) is 35.9 Å². The van der Waals surface area contributed by atoms with Crippen LogP contribution in [-0.4, -0.2) is 33.2 Å². The van der Waals surface area contributed by atoms with E-state index in [1.807, 2.05) is 12.1 Å². The number of halogens is 3. The standard InChI is InChI=1S/C21H23F3N2O3/c1-28-14-9-10-15(19(12-14)29-2)18-8-5-11-26(18)13-20(27)25-17-7-4-3-6-16(17)21(22,23)24/h3-4,6-7,9-10,12,18H,5,8,11,13H2,1-2H3,(H,25,27)/p+1/t18-/m0/s1. The average Bonchev–Trinajstić information content (AvgIpc) is 3.14. The summed E-state index contributed by atoms with van der Waals surface area (Å²) < 4.78 is 50.2. The highest BCUT2D eigenvalue weighted by molar-refractivity contribution is 5.92. The van der Waals surface area contributed by atoms with Crippen LogP contribution in [0.5, 0.6) is 11.5 Å². The van der Waals surface area contributed by atoms with Crippen LogP contribution in [0.3, 0.4) is 0 Å². The molecule has 1 saturated heterocycles. The Balaban J connectivity index is 1.75. The van der Waals surface area contributed by atoms with Gasteiger partial charge in [-0.1, -0.05) is 12.1 Å². The number of hydrogen-bond acceptors (Lipinski definition) is 3. The van der Waals surface area contributed by atoms with Crippen LogP contribution in [0.4, 0.5) is 18.9 Å². The van der Waals surface area contributed by atoms with Crippen molar-refractivity contribution in [2.75, 3.05) is 32.6 Å². The number of benzene rings is 2. The molecule has 1 unspecified atom stereocenters. The Kier molecular flexibility index (Phi) is 6.32. The van der Waals surface area contributed by atoms with Crippen LogP contribution in [0.25, 0.3) is 0 Å². The summed E-state index contributed by atoms with van der Waals surface area (Å²) in [6.45, 7) is 0.834. The van der Waals surface area contributed by atoms with E-state index in [9.17, 15) is 18.0 Å². The summed E-state index contributed by atoms with van der Waals surface area (Å²) >= 11 is 0. The summed E-state index contributed by atoms with van der Waals surface area (Å²) in [6.07, 6.45) is -2.74. The molecule has 1 heterocycles. The third kappa shape index (κ3) is 4.82. The summed E-state index contributed by atoms with van der Waals surface area (Å²) in [5.74, 6) is 0.902. The molecular weight excluding hydrogens is 385 g/mol. The molecule has 2 N–H and O–H groups in total. The summed E-state index contributed by atoms with van der Waals surface area (Å²) in [4.78, 5) is 13.5. The molecular formula is C21H24F3N2O3+. The Labute approximate surface area is 167 Å². The second kappa shape index (κ2) is 8.73. The molecule has 156 valence electrons. The van der Waals surface area contributed by atoms with Gasteiger partial charge in [0.25, 0.3) is 5.91 Å². The van der Waals surface area contributed by atoms with Gasteiger partial charge in [0.05, 0.1) is 37.6 Å². The minimum absolute atomic E-state index is 0.0273. The van der Waals surface area contributed by atoms with Crippen LogP contribution >= 0.6 is 0 Å². The number of anilines is 1. The predicted molar refractivity (Wildman–Crippen MR) is 102 cm³/mol. The fourth-order valence-corrected chi connectivity index (χ4v) is 3.84. The highest BCUT2D eigenvalue weighted by Gasteiger charge is 2.36. The van der Waals surface area contributed by atoms with Crippen molar-refractivity contribution in [2.45, 2.75) is 25.1 Å². The Morgan fingerprint density at radius 3 is 2.62 bits per heavy atom. The fourth-order valence-electron chi connectivity index (χ4n) is 3.84. The smallest absolute Gasteiger partial charge is 0.418 e.